The van der Waals surface area contributed by atoms with Crippen LogP contribution in [0.2, 0.25) is 5.02 Å². The number of carbonyl (C=O) groups is 3. The third-order valence-corrected chi connectivity index (χ3v) is 10.6. The van der Waals surface area contributed by atoms with Gasteiger partial charge in [-0.2, -0.15) is 0 Å². The second kappa shape index (κ2) is 16.2. The predicted molar refractivity (Wildman–Crippen MR) is 190 cm³/mol. The molecule has 11 nitrogen and oxygen atoms in total. The van der Waals surface area contributed by atoms with Gasteiger partial charge in [0, 0.05) is 70.5 Å². The second-order valence-corrected chi connectivity index (χ2v) is 14.0. The van der Waals surface area contributed by atoms with Gasteiger partial charge in [0.1, 0.15) is 0 Å². The number of urea groups is 1. The summed E-state index contributed by atoms with van der Waals surface area (Å²) in [5.41, 5.74) is 10.1. The van der Waals surface area contributed by atoms with Gasteiger partial charge in [0.2, 0.25) is 0 Å². The number of nitrogen functional groups attached to an aromatic ring is 1. The number of hydrogen-bond donors (Lipinski definition) is 2. The van der Waals surface area contributed by atoms with Crippen LogP contribution in [0.15, 0.2) is 36.4 Å². The summed E-state index contributed by atoms with van der Waals surface area (Å²) >= 11 is 6.41. The minimum Gasteiger partial charge on any atom is -0.436 e. The molecule has 0 aromatic heterocycles. The van der Waals surface area contributed by atoms with Crippen LogP contribution in [0.3, 0.4) is 0 Å². The van der Waals surface area contributed by atoms with E-state index >= 15 is 0 Å². The van der Waals surface area contributed by atoms with Crippen molar-refractivity contribution in [2.75, 3.05) is 71.0 Å². The summed E-state index contributed by atoms with van der Waals surface area (Å²) in [6, 6.07) is 11.7. The molecule has 3 aliphatic heterocycles. The molecule has 262 valence electrons. The van der Waals surface area contributed by atoms with Crippen LogP contribution in [0, 0.1) is 6.92 Å². The molecule has 2 atom stereocenters. The average molecular weight is 682 g/mol. The topological polar surface area (TPSA) is 115 Å². The molecule has 3 N–H and O–H groups in total. The second-order valence-electron chi connectivity index (χ2n) is 13.6. The molecular formula is C36H52ClN7O4. The van der Waals surface area contributed by atoms with Crippen molar-refractivity contribution < 1.29 is 19.1 Å². The van der Waals surface area contributed by atoms with Crippen molar-refractivity contribution in [1.29, 1.82) is 0 Å². The molecule has 0 saturated carbocycles. The standard InChI is InChI=1S/C36H52ClN7O4/c1-5-28(44-24-27-9-6-7-10-31(27)39-35(44)46)11-16-41(4)36(47)48-32(23-26-21-25(2)33(38)30(37)22-26)34(45)43-17-12-29(13-18-43)42-15-8-14-40(3)19-20-42/h6-7,9-10,21-22,28-29,32H,5,8,11-20,23-24,38H2,1-4H3,(H,39,46)/t28?,32-/m1/s1. The first kappa shape index (κ1) is 35.8. The number of likely N-dealkylation sites (tertiary alicyclic amines) is 1. The number of para-hydroxylation sites is 1. The van der Waals surface area contributed by atoms with E-state index in [9.17, 15) is 14.4 Å². The number of ether oxygens (including phenoxy) is 1. The van der Waals surface area contributed by atoms with Crippen LogP contribution in [0.4, 0.5) is 21.0 Å². The predicted octanol–water partition coefficient (Wildman–Crippen LogP) is 5.06. The van der Waals surface area contributed by atoms with E-state index < -0.39 is 12.2 Å². The lowest BCUT2D eigenvalue weighted by Gasteiger charge is -2.39. The molecule has 2 aromatic carbocycles. The number of halogens is 1. The maximum atomic E-state index is 14.0. The summed E-state index contributed by atoms with van der Waals surface area (Å²) in [6.07, 6.45) is 2.88. The van der Waals surface area contributed by atoms with Gasteiger partial charge >= 0.3 is 12.1 Å². The molecule has 3 heterocycles. The van der Waals surface area contributed by atoms with Gasteiger partial charge in [0.05, 0.1) is 10.7 Å². The Labute approximate surface area is 290 Å². The fraction of sp³-hybridized carbons (Fsp3) is 0.583. The van der Waals surface area contributed by atoms with Crippen molar-refractivity contribution in [3.05, 3.63) is 58.1 Å². The zero-order chi connectivity index (χ0) is 34.4. The van der Waals surface area contributed by atoms with Crippen LogP contribution in [-0.4, -0.2) is 121 Å². The highest BCUT2D eigenvalue weighted by Crippen LogP contribution is 2.28. The molecule has 5 rings (SSSR count). The van der Waals surface area contributed by atoms with E-state index in [0.29, 0.717) is 49.4 Å². The highest BCUT2D eigenvalue weighted by molar-refractivity contribution is 6.33. The largest absolute Gasteiger partial charge is 0.436 e. The number of aryl methyl sites for hydroxylation is 1. The number of piperidine rings is 1. The molecule has 2 aromatic rings. The van der Waals surface area contributed by atoms with E-state index in [2.05, 4.69) is 22.2 Å². The van der Waals surface area contributed by atoms with Gasteiger partial charge in [0.25, 0.3) is 5.91 Å². The number of hydrogen-bond acceptors (Lipinski definition) is 7. The van der Waals surface area contributed by atoms with E-state index in [1.165, 1.54) is 4.90 Å². The van der Waals surface area contributed by atoms with Gasteiger partial charge < -0.3 is 35.4 Å². The van der Waals surface area contributed by atoms with Crippen molar-refractivity contribution in [2.45, 2.75) is 77.1 Å². The lowest BCUT2D eigenvalue weighted by Crippen LogP contribution is -2.51. The number of rotatable bonds is 10. The van der Waals surface area contributed by atoms with Crippen molar-refractivity contribution in [3.8, 4) is 0 Å². The molecule has 12 heteroatoms. The van der Waals surface area contributed by atoms with Gasteiger partial charge in [-0.05, 0) is 88.0 Å². The summed E-state index contributed by atoms with van der Waals surface area (Å²) in [5, 5.41) is 3.40. The number of anilines is 2. The summed E-state index contributed by atoms with van der Waals surface area (Å²) in [5.74, 6) is -0.188. The van der Waals surface area contributed by atoms with Crippen molar-refractivity contribution >= 4 is 41.0 Å². The van der Waals surface area contributed by atoms with E-state index in [4.69, 9.17) is 22.1 Å². The Morgan fingerprint density at radius 2 is 1.85 bits per heavy atom. The first-order valence-electron chi connectivity index (χ1n) is 17.4. The van der Waals surface area contributed by atoms with Gasteiger partial charge in [0.15, 0.2) is 6.10 Å². The molecule has 0 spiro atoms. The Morgan fingerprint density at radius 3 is 2.58 bits per heavy atom. The molecule has 3 aliphatic rings. The number of carbonyl (C=O) groups excluding carboxylic acids is 3. The van der Waals surface area contributed by atoms with Crippen LogP contribution in [-0.2, 0) is 22.5 Å². The number of likely N-dealkylation sites (N-methyl/N-ethyl adjacent to an activating group) is 1. The van der Waals surface area contributed by atoms with Crippen LogP contribution in [0.25, 0.3) is 0 Å². The van der Waals surface area contributed by atoms with E-state index in [0.717, 1.165) is 74.2 Å². The molecule has 0 radical (unpaired) electrons. The van der Waals surface area contributed by atoms with Gasteiger partial charge in [-0.25, -0.2) is 9.59 Å². The summed E-state index contributed by atoms with van der Waals surface area (Å²) in [4.78, 5) is 50.6. The lowest BCUT2D eigenvalue weighted by molar-refractivity contribution is -0.142. The first-order chi connectivity index (χ1) is 23.0. The molecule has 2 saturated heterocycles. The van der Waals surface area contributed by atoms with Crippen molar-refractivity contribution in [2.24, 2.45) is 0 Å². The molecule has 0 aliphatic carbocycles. The quantitative estimate of drug-likeness (QED) is 0.337. The van der Waals surface area contributed by atoms with Crippen LogP contribution >= 0.6 is 11.6 Å². The Morgan fingerprint density at radius 1 is 1.10 bits per heavy atom. The number of nitrogens with one attached hydrogen (secondary N) is 1. The zero-order valence-corrected chi connectivity index (χ0v) is 29.7. The molecule has 2 fully saturated rings. The minimum absolute atomic E-state index is 0.0724. The Kier molecular flexibility index (Phi) is 12.1. The lowest BCUT2D eigenvalue weighted by atomic mass is 10.00. The number of nitrogens with zero attached hydrogens (tertiary/aromatic N) is 5. The van der Waals surface area contributed by atoms with Crippen molar-refractivity contribution in [1.82, 2.24) is 24.5 Å². The minimum atomic E-state index is -1.01. The maximum absolute atomic E-state index is 14.0. The molecule has 48 heavy (non-hydrogen) atoms. The van der Waals surface area contributed by atoms with E-state index in [-0.39, 0.29) is 24.4 Å². The first-order valence-corrected chi connectivity index (χ1v) is 17.7. The smallest absolute Gasteiger partial charge is 0.410 e. The molecular weight excluding hydrogens is 630 g/mol. The van der Waals surface area contributed by atoms with E-state index in [1.807, 2.05) is 54.0 Å². The van der Waals surface area contributed by atoms with Gasteiger partial charge in [-0.3, -0.25) is 9.69 Å². The monoisotopic (exact) mass is 681 g/mol. The molecule has 4 amide bonds. The summed E-state index contributed by atoms with van der Waals surface area (Å²) < 4.78 is 6.00. The Hall–Kier alpha value is -3.54. The average Bonchev–Trinajstić information content (AvgIpc) is 3.31. The molecule has 1 unspecified atom stereocenters. The zero-order valence-electron chi connectivity index (χ0n) is 28.9. The summed E-state index contributed by atoms with van der Waals surface area (Å²) in [7, 11) is 3.85. The number of amides is 4. The summed E-state index contributed by atoms with van der Waals surface area (Å²) in [6.45, 7) is 10.4. The third kappa shape index (κ3) is 8.73. The van der Waals surface area contributed by atoms with Gasteiger partial charge in [-0.15, -0.1) is 0 Å². The highest BCUT2D eigenvalue weighted by atomic mass is 35.5. The Balaban J connectivity index is 1.22. The highest BCUT2D eigenvalue weighted by Gasteiger charge is 2.34. The van der Waals surface area contributed by atoms with E-state index in [1.54, 1.807) is 13.1 Å². The molecule has 0 bridgehead atoms. The van der Waals surface area contributed by atoms with Crippen LogP contribution in [0.5, 0.6) is 0 Å². The number of nitrogens with two attached hydrogens (primary N) is 1. The Bertz CT molecular complexity index is 1430. The van der Waals surface area contributed by atoms with Crippen LogP contribution < -0.4 is 11.1 Å². The van der Waals surface area contributed by atoms with Gasteiger partial charge in [-0.1, -0.05) is 42.8 Å². The normalized spacial score (nSPS) is 19.2. The number of benzene rings is 2. The fourth-order valence-electron chi connectivity index (χ4n) is 7.17. The third-order valence-electron chi connectivity index (χ3n) is 10.3. The number of fused-ring (bicyclic) bond motifs is 1. The SMILES string of the molecule is CCC(CCN(C)C(=O)O[C@H](Cc1cc(C)c(N)c(Cl)c1)C(=O)N1CCC(N2CCCN(C)CC2)CC1)N1Cc2ccccc2NC1=O. The maximum Gasteiger partial charge on any atom is 0.410 e. The van der Waals surface area contributed by atoms with Crippen molar-refractivity contribution in [3.63, 3.8) is 0 Å². The fourth-order valence-corrected chi connectivity index (χ4v) is 7.46. The van der Waals surface area contributed by atoms with Crippen LogP contribution in [0.1, 0.15) is 55.7 Å².